The van der Waals surface area contributed by atoms with Gasteiger partial charge in [0.05, 0.1) is 61.4 Å². The first kappa shape index (κ1) is 29.4. The van der Waals surface area contributed by atoms with Crippen LogP contribution in [-0.4, -0.2) is 62.4 Å². The SMILES string of the molecule is COc1c(C)c(C)c(OC)c2c1C=C1N(C2)c2ccccc2N(C)C2CCCC12N.O=CCN1C(=O)c2ccccc2C1=O. The fourth-order valence-electron chi connectivity index (χ4n) is 7.42. The summed E-state index contributed by atoms with van der Waals surface area (Å²) in [4.78, 5) is 39.1. The molecule has 9 nitrogen and oxygen atoms in total. The zero-order valence-corrected chi connectivity index (χ0v) is 25.8. The monoisotopic (exact) mass is 594 g/mol. The fourth-order valence-corrected chi connectivity index (χ4v) is 7.42. The molecule has 3 aromatic rings. The summed E-state index contributed by atoms with van der Waals surface area (Å²) in [6.07, 6.45) is 6.05. The molecular formula is C35H38N4O5. The number of amides is 2. The minimum atomic E-state index is -0.400. The molecular weight excluding hydrogens is 556 g/mol. The molecule has 4 aliphatic rings. The van der Waals surface area contributed by atoms with E-state index >= 15 is 0 Å². The molecule has 1 aliphatic carbocycles. The average molecular weight is 595 g/mol. The zero-order chi connectivity index (χ0) is 31.3. The van der Waals surface area contributed by atoms with Crippen LogP contribution in [0.15, 0.2) is 54.2 Å². The van der Waals surface area contributed by atoms with Crippen molar-refractivity contribution in [1.82, 2.24) is 4.90 Å². The molecule has 0 aromatic heterocycles. The van der Waals surface area contributed by atoms with Gasteiger partial charge in [-0.05, 0) is 74.6 Å². The van der Waals surface area contributed by atoms with Gasteiger partial charge in [0.15, 0.2) is 0 Å². The molecule has 0 spiro atoms. The number of fused-ring (bicyclic) bond motifs is 7. The largest absolute Gasteiger partial charge is 0.496 e. The predicted molar refractivity (Wildman–Crippen MR) is 170 cm³/mol. The second-order valence-electron chi connectivity index (χ2n) is 11.8. The second kappa shape index (κ2) is 11.1. The number of benzene rings is 3. The highest BCUT2D eigenvalue weighted by Crippen LogP contribution is 2.52. The summed E-state index contributed by atoms with van der Waals surface area (Å²) in [5.41, 5.74) is 15.8. The average Bonchev–Trinajstić information content (AvgIpc) is 3.53. The Morgan fingerprint density at radius 2 is 1.52 bits per heavy atom. The Balaban J connectivity index is 0.000000205. The van der Waals surface area contributed by atoms with Gasteiger partial charge in [-0.25, -0.2) is 0 Å². The van der Waals surface area contributed by atoms with E-state index in [1.165, 1.54) is 22.6 Å². The lowest BCUT2D eigenvalue weighted by Crippen LogP contribution is -2.57. The molecule has 3 heterocycles. The first-order valence-corrected chi connectivity index (χ1v) is 14.9. The molecule has 2 amide bonds. The highest BCUT2D eigenvalue weighted by molar-refractivity contribution is 6.21. The molecule has 0 saturated heterocycles. The van der Waals surface area contributed by atoms with Crippen molar-refractivity contribution in [1.29, 1.82) is 0 Å². The van der Waals surface area contributed by atoms with Gasteiger partial charge in [0, 0.05) is 23.9 Å². The number of ether oxygens (including phenoxy) is 2. The number of carbonyl (C=O) groups is 3. The van der Waals surface area contributed by atoms with Crippen molar-refractivity contribution in [3.05, 3.63) is 87.6 Å². The Morgan fingerprint density at radius 3 is 2.14 bits per heavy atom. The van der Waals surface area contributed by atoms with E-state index in [1.54, 1.807) is 38.5 Å². The highest BCUT2D eigenvalue weighted by Gasteiger charge is 2.50. The predicted octanol–water partition coefficient (Wildman–Crippen LogP) is 4.86. The number of imide groups is 1. The summed E-state index contributed by atoms with van der Waals surface area (Å²) in [6.45, 7) is 4.76. The lowest BCUT2D eigenvalue weighted by Gasteiger charge is -2.42. The minimum Gasteiger partial charge on any atom is -0.496 e. The Labute approximate surface area is 257 Å². The molecule has 9 heteroatoms. The van der Waals surface area contributed by atoms with Gasteiger partial charge in [0.25, 0.3) is 11.8 Å². The third-order valence-corrected chi connectivity index (χ3v) is 9.68. The van der Waals surface area contributed by atoms with Crippen LogP contribution >= 0.6 is 0 Å². The molecule has 1 fully saturated rings. The van der Waals surface area contributed by atoms with Crippen LogP contribution in [0.25, 0.3) is 6.08 Å². The molecule has 228 valence electrons. The van der Waals surface area contributed by atoms with E-state index in [2.05, 4.69) is 61.0 Å². The lowest BCUT2D eigenvalue weighted by atomic mass is 9.84. The molecule has 1 saturated carbocycles. The number of hydrogen-bond donors (Lipinski definition) is 1. The first-order valence-electron chi connectivity index (χ1n) is 14.9. The topological polar surface area (TPSA) is 105 Å². The van der Waals surface area contributed by atoms with Gasteiger partial charge < -0.3 is 29.8 Å². The van der Waals surface area contributed by atoms with E-state index in [4.69, 9.17) is 15.2 Å². The Bertz CT molecular complexity index is 1680. The quantitative estimate of drug-likeness (QED) is 0.337. The molecule has 44 heavy (non-hydrogen) atoms. The number of hydrogen-bond acceptors (Lipinski definition) is 8. The van der Waals surface area contributed by atoms with E-state index in [-0.39, 0.29) is 12.6 Å². The third-order valence-electron chi connectivity index (χ3n) is 9.68. The van der Waals surface area contributed by atoms with Gasteiger partial charge in [0.2, 0.25) is 0 Å². The Kier molecular flexibility index (Phi) is 7.45. The highest BCUT2D eigenvalue weighted by atomic mass is 16.5. The number of para-hydroxylation sites is 2. The van der Waals surface area contributed by atoms with Crippen molar-refractivity contribution >= 4 is 35.6 Å². The molecule has 3 aliphatic heterocycles. The number of methoxy groups -OCH3 is 2. The molecule has 0 radical (unpaired) electrons. The van der Waals surface area contributed by atoms with Crippen LogP contribution in [0.4, 0.5) is 11.4 Å². The van der Waals surface area contributed by atoms with Gasteiger partial charge in [0.1, 0.15) is 17.8 Å². The zero-order valence-electron chi connectivity index (χ0n) is 25.8. The third kappa shape index (κ3) is 4.29. The van der Waals surface area contributed by atoms with Gasteiger partial charge in [-0.1, -0.05) is 24.3 Å². The van der Waals surface area contributed by atoms with Crippen LogP contribution in [0.2, 0.25) is 0 Å². The van der Waals surface area contributed by atoms with Gasteiger partial charge in [-0.2, -0.15) is 0 Å². The smallest absolute Gasteiger partial charge is 0.261 e. The first-order chi connectivity index (χ1) is 21.2. The minimum absolute atomic E-state index is 0.174. The van der Waals surface area contributed by atoms with Crippen molar-refractivity contribution in [2.24, 2.45) is 5.73 Å². The van der Waals surface area contributed by atoms with Crippen LogP contribution in [0, 0.1) is 13.8 Å². The van der Waals surface area contributed by atoms with Crippen LogP contribution in [0.5, 0.6) is 11.5 Å². The fraction of sp³-hybridized carbons (Fsp3) is 0.343. The summed E-state index contributed by atoms with van der Waals surface area (Å²) in [5.74, 6) is 1.10. The number of nitrogens with zero attached hydrogens (tertiary/aromatic N) is 3. The van der Waals surface area contributed by atoms with Crippen LogP contribution in [0.1, 0.15) is 62.2 Å². The molecule has 2 N–H and O–H groups in total. The summed E-state index contributed by atoms with van der Waals surface area (Å²) in [5, 5.41) is 0. The molecule has 0 bridgehead atoms. The molecule has 2 atom stereocenters. The van der Waals surface area contributed by atoms with Crippen molar-refractivity contribution < 1.29 is 23.9 Å². The van der Waals surface area contributed by atoms with Crippen molar-refractivity contribution in [2.45, 2.75) is 51.2 Å². The van der Waals surface area contributed by atoms with Crippen molar-refractivity contribution in [3.8, 4) is 11.5 Å². The second-order valence-corrected chi connectivity index (χ2v) is 11.8. The number of aldehydes is 1. The van der Waals surface area contributed by atoms with E-state index in [9.17, 15) is 14.4 Å². The van der Waals surface area contributed by atoms with Crippen LogP contribution in [0.3, 0.4) is 0 Å². The maximum atomic E-state index is 11.5. The standard InChI is InChI=1S/C25H31N3O2.C10H7NO3/c1-15-16(2)24(30-5)18-14-28-20-10-7-6-9-19(20)27(3)21-11-8-12-25(21,26)22(28)13-17(18)23(15)29-4;12-6-5-11-9(13)7-3-1-2-4-8(7)10(11)14/h6-7,9-10,13,21H,8,11-12,14,26H2,1-5H3;1-4,6H,5H2. The summed E-state index contributed by atoms with van der Waals surface area (Å²) in [7, 11) is 5.71. The Morgan fingerprint density at radius 1 is 0.932 bits per heavy atom. The number of rotatable bonds is 4. The van der Waals surface area contributed by atoms with E-state index in [0.29, 0.717) is 17.4 Å². The van der Waals surface area contributed by atoms with Gasteiger partial charge in [-0.15, -0.1) is 0 Å². The van der Waals surface area contributed by atoms with Gasteiger partial charge >= 0.3 is 0 Å². The Hall–Kier alpha value is -4.63. The summed E-state index contributed by atoms with van der Waals surface area (Å²) >= 11 is 0. The molecule has 3 aromatic carbocycles. The summed E-state index contributed by atoms with van der Waals surface area (Å²) in [6, 6.07) is 15.5. The lowest BCUT2D eigenvalue weighted by molar-refractivity contribution is -0.108. The maximum Gasteiger partial charge on any atom is 0.261 e. The molecule has 2 unspecified atom stereocenters. The van der Waals surface area contributed by atoms with Crippen LogP contribution in [-0.2, 0) is 11.3 Å². The number of likely N-dealkylation sites (N-methyl/N-ethyl adjacent to an activating group) is 1. The maximum absolute atomic E-state index is 11.5. The van der Waals surface area contributed by atoms with E-state index < -0.39 is 17.4 Å². The summed E-state index contributed by atoms with van der Waals surface area (Å²) < 4.78 is 11.8. The van der Waals surface area contributed by atoms with E-state index in [0.717, 1.165) is 58.9 Å². The van der Waals surface area contributed by atoms with Gasteiger partial charge in [-0.3, -0.25) is 14.5 Å². The number of anilines is 2. The van der Waals surface area contributed by atoms with Crippen molar-refractivity contribution in [2.75, 3.05) is 37.6 Å². The molecule has 7 rings (SSSR count). The van der Waals surface area contributed by atoms with Crippen molar-refractivity contribution in [3.63, 3.8) is 0 Å². The normalized spacial score (nSPS) is 21.2. The van der Waals surface area contributed by atoms with Crippen LogP contribution < -0.4 is 25.0 Å². The van der Waals surface area contributed by atoms with E-state index in [1.807, 2.05) is 0 Å². The number of carbonyl (C=O) groups excluding carboxylic acids is 3. The number of nitrogens with two attached hydrogens (primary N) is 1.